The number of benzene rings is 2. The number of rotatable bonds is 11. The zero-order valence-electron chi connectivity index (χ0n) is 21.0. The van der Waals surface area contributed by atoms with E-state index in [0.717, 1.165) is 62.3 Å². The van der Waals surface area contributed by atoms with E-state index in [-0.39, 0.29) is 11.9 Å². The van der Waals surface area contributed by atoms with Gasteiger partial charge in [0.1, 0.15) is 0 Å². The summed E-state index contributed by atoms with van der Waals surface area (Å²) >= 11 is 0. The molecule has 2 aliphatic heterocycles. The van der Waals surface area contributed by atoms with Gasteiger partial charge in [0.25, 0.3) is 5.91 Å². The molecular formula is C27H36N4O4. The number of nitrogens with one attached hydrogen (secondary N) is 1. The number of hydrogen-bond donors (Lipinski definition) is 1. The Bertz CT molecular complexity index is 1040. The average Bonchev–Trinajstić information content (AvgIpc) is 3.24. The molecule has 2 amide bonds. The predicted molar refractivity (Wildman–Crippen MR) is 136 cm³/mol. The lowest BCUT2D eigenvalue weighted by Crippen LogP contribution is -2.46. The van der Waals surface area contributed by atoms with Crippen LogP contribution in [0, 0.1) is 0 Å². The predicted octanol–water partition coefficient (Wildman–Crippen LogP) is 3.07. The molecule has 1 N–H and O–H groups in total. The fraction of sp³-hybridized carbons (Fsp3) is 0.481. The van der Waals surface area contributed by atoms with Gasteiger partial charge in [-0.15, -0.1) is 0 Å². The lowest BCUT2D eigenvalue weighted by molar-refractivity contribution is -0.109. The number of carbonyl (C=O) groups excluding carboxylic acids is 2. The Morgan fingerprint density at radius 2 is 1.83 bits per heavy atom. The number of amides is 2. The van der Waals surface area contributed by atoms with Crippen LogP contribution in [0.25, 0.3) is 0 Å². The number of anilines is 1. The van der Waals surface area contributed by atoms with E-state index in [1.165, 1.54) is 5.69 Å². The summed E-state index contributed by atoms with van der Waals surface area (Å²) in [6, 6.07) is 11.8. The molecule has 188 valence electrons. The molecule has 1 fully saturated rings. The van der Waals surface area contributed by atoms with Gasteiger partial charge >= 0.3 is 0 Å². The van der Waals surface area contributed by atoms with Crippen LogP contribution in [0.4, 0.5) is 5.69 Å². The molecule has 0 spiro atoms. The van der Waals surface area contributed by atoms with E-state index >= 15 is 0 Å². The summed E-state index contributed by atoms with van der Waals surface area (Å²) in [7, 11) is 3.23. The molecule has 0 saturated carbocycles. The summed E-state index contributed by atoms with van der Waals surface area (Å²) in [5, 5.41) is 2.74. The van der Waals surface area contributed by atoms with Gasteiger partial charge < -0.3 is 29.5 Å². The summed E-state index contributed by atoms with van der Waals surface area (Å²) in [6.07, 6.45) is 2.19. The van der Waals surface area contributed by atoms with Crippen molar-refractivity contribution in [1.29, 1.82) is 0 Å². The number of hydrogen-bond acceptors (Lipinski definition) is 6. The second-order valence-corrected chi connectivity index (χ2v) is 9.00. The maximum Gasteiger partial charge on any atom is 0.255 e. The van der Waals surface area contributed by atoms with Gasteiger partial charge in [-0.25, -0.2) is 0 Å². The van der Waals surface area contributed by atoms with E-state index in [4.69, 9.17) is 9.47 Å². The Balaban J connectivity index is 1.62. The van der Waals surface area contributed by atoms with E-state index in [1.807, 2.05) is 35.2 Å². The van der Waals surface area contributed by atoms with Gasteiger partial charge in [0.15, 0.2) is 11.5 Å². The Morgan fingerprint density at radius 3 is 2.51 bits per heavy atom. The third-order valence-electron chi connectivity index (χ3n) is 7.18. The molecule has 0 radical (unpaired) electrons. The minimum absolute atomic E-state index is 0.0529. The number of methoxy groups -OCH3 is 2. The topological polar surface area (TPSA) is 74.3 Å². The molecule has 0 bridgehead atoms. The van der Waals surface area contributed by atoms with Crippen LogP contribution in [0.5, 0.6) is 11.5 Å². The first kappa shape index (κ1) is 24.9. The average molecular weight is 481 g/mol. The van der Waals surface area contributed by atoms with Crippen LogP contribution < -0.4 is 19.7 Å². The van der Waals surface area contributed by atoms with Crippen molar-refractivity contribution in [2.75, 3.05) is 58.4 Å². The molecule has 2 aromatic carbocycles. The highest BCUT2D eigenvalue weighted by atomic mass is 16.5. The van der Waals surface area contributed by atoms with Crippen molar-refractivity contribution in [3.05, 3.63) is 53.1 Å². The monoisotopic (exact) mass is 480 g/mol. The summed E-state index contributed by atoms with van der Waals surface area (Å²) in [5.41, 5.74) is 4.06. The molecule has 2 heterocycles. The van der Waals surface area contributed by atoms with Crippen molar-refractivity contribution in [2.24, 2.45) is 0 Å². The fourth-order valence-corrected chi connectivity index (χ4v) is 5.21. The number of piperazine rings is 1. The first-order valence-electron chi connectivity index (χ1n) is 12.4. The Labute approximate surface area is 207 Å². The largest absolute Gasteiger partial charge is 0.493 e. The van der Waals surface area contributed by atoms with Crippen LogP contribution >= 0.6 is 0 Å². The highest BCUT2D eigenvalue weighted by Crippen LogP contribution is 2.40. The molecule has 0 unspecified atom stereocenters. The first-order valence-corrected chi connectivity index (χ1v) is 12.4. The van der Waals surface area contributed by atoms with E-state index < -0.39 is 0 Å². The molecular weight excluding hydrogens is 444 g/mol. The van der Waals surface area contributed by atoms with Gasteiger partial charge in [-0.2, -0.15) is 0 Å². The van der Waals surface area contributed by atoms with Crippen LogP contribution in [0.1, 0.15) is 47.3 Å². The molecule has 2 aromatic rings. The number of ether oxygens (including phenoxy) is 2. The standard InChI is InChI=1S/C27H36N4O4/c1-4-29-13-15-30(16-14-29)24-8-5-7-21-22(24)18-31(27(21)33)23(9-6-12-28-19-32)20-10-11-25(34-2)26(17-20)35-3/h5,7-8,10-11,17,19,23H,4,6,9,12-16,18H2,1-3H3,(H,28,32)/t23-/m1/s1. The van der Waals surface area contributed by atoms with Crippen molar-refractivity contribution < 1.29 is 19.1 Å². The zero-order valence-corrected chi connectivity index (χ0v) is 21.0. The second-order valence-electron chi connectivity index (χ2n) is 9.00. The molecule has 1 atom stereocenters. The van der Waals surface area contributed by atoms with Crippen LogP contribution in [-0.2, 0) is 11.3 Å². The van der Waals surface area contributed by atoms with Gasteiger partial charge in [-0.1, -0.05) is 19.1 Å². The van der Waals surface area contributed by atoms with Crippen molar-refractivity contribution in [1.82, 2.24) is 15.1 Å². The Kier molecular flexibility index (Phi) is 8.13. The molecule has 8 heteroatoms. The Morgan fingerprint density at radius 1 is 1.06 bits per heavy atom. The van der Waals surface area contributed by atoms with Crippen LogP contribution in [-0.4, -0.2) is 75.6 Å². The van der Waals surface area contributed by atoms with Gasteiger partial charge in [-0.3, -0.25) is 9.59 Å². The van der Waals surface area contributed by atoms with Gasteiger partial charge in [0.2, 0.25) is 6.41 Å². The molecule has 35 heavy (non-hydrogen) atoms. The number of likely N-dealkylation sites (N-methyl/N-ethyl adjacent to an activating group) is 1. The van der Waals surface area contributed by atoms with E-state index in [9.17, 15) is 9.59 Å². The molecule has 0 aromatic heterocycles. The highest BCUT2D eigenvalue weighted by Gasteiger charge is 2.36. The van der Waals surface area contributed by atoms with Crippen LogP contribution in [0.3, 0.4) is 0 Å². The van der Waals surface area contributed by atoms with Gasteiger partial charge in [-0.05, 0) is 49.2 Å². The SMILES string of the molecule is CCN1CCN(c2cccc3c2CN([C@H](CCCNC=O)c2ccc(OC)c(OC)c2)C3=O)CC1. The normalized spacial score (nSPS) is 16.7. The molecule has 1 saturated heterocycles. The van der Waals surface area contributed by atoms with Gasteiger partial charge in [0, 0.05) is 56.1 Å². The summed E-state index contributed by atoms with van der Waals surface area (Å²) in [4.78, 5) is 31.3. The number of carbonyl (C=O) groups is 2. The minimum Gasteiger partial charge on any atom is -0.493 e. The third kappa shape index (κ3) is 5.22. The molecule has 2 aliphatic rings. The quantitative estimate of drug-likeness (QED) is 0.394. The lowest BCUT2D eigenvalue weighted by Gasteiger charge is -2.36. The summed E-state index contributed by atoms with van der Waals surface area (Å²) < 4.78 is 11.0. The molecule has 4 rings (SSSR count). The number of fused-ring (bicyclic) bond motifs is 1. The number of nitrogens with zero attached hydrogens (tertiary/aromatic N) is 3. The maximum atomic E-state index is 13.7. The lowest BCUT2D eigenvalue weighted by atomic mass is 9.99. The van der Waals surface area contributed by atoms with Crippen molar-refractivity contribution in [3.63, 3.8) is 0 Å². The second kappa shape index (κ2) is 11.4. The maximum absolute atomic E-state index is 13.7. The third-order valence-corrected chi connectivity index (χ3v) is 7.18. The zero-order chi connectivity index (χ0) is 24.8. The first-order chi connectivity index (χ1) is 17.1. The fourth-order valence-electron chi connectivity index (χ4n) is 5.21. The highest BCUT2D eigenvalue weighted by molar-refractivity contribution is 6.00. The van der Waals surface area contributed by atoms with E-state index in [2.05, 4.69) is 28.1 Å². The van der Waals surface area contributed by atoms with Gasteiger partial charge in [0.05, 0.1) is 20.3 Å². The molecule has 8 nitrogen and oxygen atoms in total. The molecule has 0 aliphatic carbocycles. The van der Waals surface area contributed by atoms with E-state index in [1.54, 1.807) is 14.2 Å². The van der Waals surface area contributed by atoms with Crippen molar-refractivity contribution in [2.45, 2.75) is 32.4 Å². The Hall–Kier alpha value is -3.26. The van der Waals surface area contributed by atoms with Crippen molar-refractivity contribution in [3.8, 4) is 11.5 Å². The van der Waals surface area contributed by atoms with Crippen molar-refractivity contribution >= 4 is 18.0 Å². The smallest absolute Gasteiger partial charge is 0.255 e. The minimum atomic E-state index is -0.145. The summed E-state index contributed by atoms with van der Waals surface area (Å²) in [6.45, 7) is 8.41. The van der Waals surface area contributed by atoms with Crippen LogP contribution in [0.15, 0.2) is 36.4 Å². The van der Waals surface area contributed by atoms with E-state index in [0.29, 0.717) is 31.0 Å². The summed E-state index contributed by atoms with van der Waals surface area (Å²) in [5.74, 6) is 1.35. The van der Waals surface area contributed by atoms with Crippen LogP contribution in [0.2, 0.25) is 0 Å².